The van der Waals surface area contributed by atoms with Crippen LogP contribution in [-0.2, 0) is 10.0 Å². The van der Waals surface area contributed by atoms with Gasteiger partial charge in [-0.1, -0.05) is 29.3 Å². The maximum Gasteiger partial charge on any atom is 0.270 e. The third kappa shape index (κ3) is 3.57. The standard InChI is InChI=1S/C14H12Cl2N2O4S/c1-9-3-4-12(18(19)20)8-14(9)23(21,22)17(2)13-6-10(15)5-11(16)7-13/h3-8H,1-2H3. The Kier molecular flexibility index (Phi) is 4.84. The first-order valence-electron chi connectivity index (χ1n) is 6.33. The Bertz CT molecular complexity index is 864. The van der Waals surface area contributed by atoms with Crippen LogP contribution in [0.2, 0.25) is 10.0 Å². The minimum absolute atomic E-state index is 0.148. The van der Waals surface area contributed by atoms with Gasteiger partial charge >= 0.3 is 0 Å². The van der Waals surface area contributed by atoms with E-state index in [0.717, 1.165) is 10.4 Å². The van der Waals surface area contributed by atoms with Crippen molar-refractivity contribution < 1.29 is 13.3 Å². The van der Waals surface area contributed by atoms with Crippen molar-refractivity contribution in [3.63, 3.8) is 0 Å². The van der Waals surface area contributed by atoms with Crippen molar-refractivity contribution in [2.45, 2.75) is 11.8 Å². The first kappa shape index (κ1) is 17.5. The SMILES string of the molecule is Cc1ccc([N+](=O)[O-])cc1S(=O)(=O)N(C)c1cc(Cl)cc(Cl)c1. The van der Waals surface area contributed by atoms with Gasteiger partial charge in [0.1, 0.15) is 0 Å². The van der Waals surface area contributed by atoms with Gasteiger partial charge in [-0.05, 0) is 30.7 Å². The van der Waals surface area contributed by atoms with E-state index in [4.69, 9.17) is 23.2 Å². The molecule has 6 nitrogen and oxygen atoms in total. The van der Waals surface area contributed by atoms with Crippen molar-refractivity contribution in [1.82, 2.24) is 0 Å². The van der Waals surface area contributed by atoms with E-state index in [2.05, 4.69) is 0 Å². The normalized spacial score (nSPS) is 11.3. The van der Waals surface area contributed by atoms with Crippen molar-refractivity contribution in [1.29, 1.82) is 0 Å². The molecule has 122 valence electrons. The summed E-state index contributed by atoms with van der Waals surface area (Å²) in [6.07, 6.45) is 0. The number of hydrogen-bond acceptors (Lipinski definition) is 4. The van der Waals surface area contributed by atoms with E-state index in [9.17, 15) is 18.5 Å². The Balaban J connectivity index is 2.57. The number of benzene rings is 2. The molecule has 9 heteroatoms. The number of sulfonamides is 1. The van der Waals surface area contributed by atoms with Crippen LogP contribution < -0.4 is 4.31 Å². The van der Waals surface area contributed by atoms with Gasteiger partial charge < -0.3 is 0 Å². The highest BCUT2D eigenvalue weighted by Gasteiger charge is 2.26. The summed E-state index contributed by atoms with van der Waals surface area (Å²) in [5.74, 6) is 0. The van der Waals surface area contributed by atoms with Crippen molar-refractivity contribution >= 4 is 44.6 Å². The van der Waals surface area contributed by atoms with Crippen LogP contribution in [0.3, 0.4) is 0 Å². The number of nitrogens with zero attached hydrogens (tertiary/aromatic N) is 2. The zero-order valence-corrected chi connectivity index (χ0v) is 14.5. The monoisotopic (exact) mass is 374 g/mol. The highest BCUT2D eigenvalue weighted by atomic mass is 35.5. The number of non-ortho nitro benzene ring substituents is 1. The van der Waals surface area contributed by atoms with Gasteiger partial charge in [0, 0.05) is 29.2 Å². The number of rotatable bonds is 4. The molecule has 0 saturated carbocycles. The molecule has 0 aliphatic carbocycles. The van der Waals surface area contributed by atoms with Crippen LogP contribution in [-0.4, -0.2) is 20.4 Å². The molecule has 0 unspecified atom stereocenters. The number of anilines is 1. The van der Waals surface area contributed by atoms with Crippen LogP contribution in [0.4, 0.5) is 11.4 Å². The van der Waals surface area contributed by atoms with Crippen LogP contribution in [0.15, 0.2) is 41.3 Å². The number of nitro groups is 1. The Morgan fingerprint density at radius 2 is 1.65 bits per heavy atom. The fraction of sp³-hybridized carbons (Fsp3) is 0.143. The first-order valence-corrected chi connectivity index (χ1v) is 8.52. The maximum atomic E-state index is 12.8. The van der Waals surface area contributed by atoms with Crippen molar-refractivity contribution in [2.24, 2.45) is 0 Å². The molecule has 2 aromatic carbocycles. The predicted octanol–water partition coefficient (Wildman–Crippen LogP) is 4.04. The number of hydrogen-bond donors (Lipinski definition) is 0. The molecule has 0 fully saturated rings. The van der Waals surface area contributed by atoms with Crippen LogP contribution >= 0.6 is 23.2 Å². The lowest BCUT2D eigenvalue weighted by Gasteiger charge is -2.21. The molecule has 0 radical (unpaired) electrons. The molecule has 0 aliphatic heterocycles. The third-order valence-electron chi connectivity index (χ3n) is 3.23. The number of nitro benzene ring substituents is 1. The second-order valence-corrected chi connectivity index (χ2v) is 7.62. The summed E-state index contributed by atoms with van der Waals surface area (Å²) in [5, 5.41) is 11.4. The van der Waals surface area contributed by atoms with Gasteiger partial charge in [0.2, 0.25) is 0 Å². The molecule has 0 aromatic heterocycles. The van der Waals surface area contributed by atoms with Crippen LogP contribution in [0.25, 0.3) is 0 Å². The van der Waals surface area contributed by atoms with E-state index in [1.165, 1.54) is 37.4 Å². The van der Waals surface area contributed by atoms with E-state index >= 15 is 0 Å². The Labute approximate surface area is 143 Å². The molecule has 0 amide bonds. The van der Waals surface area contributed by atoms with Crippen LogP contribution in [0, 0.1) is 17.0 Å². The quantitative estimate of drug-likeness (QED) is 0.597. The molecule has 0 spiro atoms. The summed E-state index contributed by atoms with van der Waals surface area (Å²) in [7, 11) is -2.67. The molecule has 0 atom stereocenters. The minimum atomic E-state index is -4.00. The van der Waals surface area contributed by atoms with E-state index in [-0.39, 0.29) is 26.3 Å². The lowest BCUT2D eigenvalue weighted by molar-refractivity contribution is -0.385. The molecular weight excluding hydrogens is 363 g/mol. The smallest absolute Gasteiger partial charge is 0.269 e. The topological polar surface area (TPSA) is 80.5 Å². The zero-order chi connectivity index (χ0) is 17.4. The maximum absolute atomic E-state index is 12.8. The number of halogens is 2. The van der Waals surface area contributed by atoms with Gasteiger partial charge in [0.05, 0.1) is 15.5 Å². The van der Waals surface area contributed by atoms with E-state index in [1.54, 1.807) is 6.92 Å². The lowest BCUT2D eigenvalue weighted by atomic mass is 10.2. The molecule has 2 aromatic rings. The second kappa shape index (κ2) is 6.35. The first-order chi connectivity index (χ1) is 10.6. The highest BCUT2D eigenvalue weighted by molar-refractivity contribution is 7.92. The Morgan fingerprint density at radius 1 is 1.09 bits per heavy atom. The Hall–Kier alpha value is -1.83. The van der Waals surface area contributed by atoms with Crippen LogP contribution in [0.5, 0.6) is 0 Å². The number of aryl methyl sites for hydroxylation is 1. The summed E-state index contributed by atoms with van der Waals surface area (Å²) >= 11 is 11.8. The molecule has 0 heterocycles. The summed E-state index contributed by atoms with van der Waals surface area (Å²) in [5.41, 5.74) is 0.357. The minimum Gasteiger partial charge on any atom is -0.269 e. The second-order valence-electron chi connectivity index (χ2n) is 4.81. The van der Waals surface area contributed by atoms with Crippen molar-refractivity contribution in [3.8, 4) is 0 Å². The largest absolute Gasteiger partial charge is 0.270 e. The molecular formula is C14H12Cl2N2O4S. The highest BCUT2D eigenvalue weighted by Crippen LogP contribution is 2.30. The fourth-order valence-corrected chi connectivity index (χ4v) is 3.92. The van der Waals surface area contributed by atoms with Gasteiger partial charge in [-0.3, -0.25) is 14.4 Å². The summed E-state index contributed by atoms with van der Waals surface area (Å²) in [6, 6.07) is 8.04. The van der Waals surface area contributed by atoms with Gasteiger partial charge in [-0.15, -0.1) is 0 Å². The summed E-state index contributed by atoms with van der Waals surface area (Å²) in [4.78, 5) is 10.1. The van der Waals surface area contributed by atoms with Crippen molar-refractivity contribution in [2.75, 3.05) is 11.4 Å². The van der Waals surface area contributed by atoms with Gasteiger partial charge in [0.25, 0.3) is 15.7 Å². The molecule has 0 saturated heterocycles. The molecule has 0 N–H and O–H groups in total. The molecule has 0 aliphatic rings. The zero-order valence-electron chi connectivity index (χ0n) is 12.2. The summed E-state index contributed by atoms with van der Waals surface area (Å²) in [6.45, 7) is 1.56. The average Bonchev–Trinajstić information content (AvgIpc) is 2.45. The molecule has 23 heavy (non-hydrogen) atoms. The Morgan fingerprint density at radius 3 is 2.17 bits per heavy atom. The molecule has 0 bridgehead atoms. The van der Waals surface area contributed by atoms with Gasteiger partial charge in [0.15, 0.2) is 0 Å². The van der Waals surface area contributed by atoms with E-state index < -0.39 is 14.9 Å². The van der Waals surface area contributed by atoms with Crippen molar-refractivity contribution in [3.05, 3.63) is 62.1 Å². The summed E-state index contributed by atoms with van der Waals surface area (Å²) < 4.78 is 26.5. The van der Waals surface area contributed by atoms with Gasteiger partial charge in [-0.25, -0.2) is 8.42 Å². The van der Waals surface area contributed by atoms with E-state index in [0.29, 0.717) is 5.56 Å². The predicted molar refractivity (Wildman–Crippen MR) is 89.9 cm³/mol. The fourth-order valence-electron chi connectivity index (χ4n) is 1.99. The molecule has 2 rings (SSSR count). The van der Waals surface area contributed by atoms with Gasteiger partial charge in [-0.2, -0.15) is 0 Å². The van der Waals surface area contributed by atoms with E-state index in [1.807, 2.05) is 0 Å². The average molecular weight is 375 g/mol. The lowest BCUT2D eigenvalue weighted by Crippen LogP contribution is -2.27. The van der Waals surface area contributed by atoms with Crippen LogP contribution in [0.1, 0.15) is 5.56 Å². The third-order valence-corrected chi connectivity index (χ3v) is 5.60.